The number of aromatic nitrogens is 4. The van der Waals surface area contributed by atoms with Gasteiger partial charge in [0.15, 0.2) is 0 Å². The number of likely N-dealkylation sites (N-methyl/N-ethyl adjacent to an activating group) is 1. The Bertz CT molecular complexity index is 1930. The number of halogens is 2. The number of H-pyrrole nitrogens is 2. The molecule has 2 aromatic carbocycles. The third-order valence-corrected chi connectivity index (χ3v) is 6.69. The van der Waals surface area contributed by atoms with Gasteiger partial charge in [-0.2, -0.15) is 0 Å². The van der Waals surface area contributed by atoms with E-state index < -0.39 is 23.2 Å². The van der Waals surface area contributed by atoms with Gasteiger partial charge in [-0.25, -0.2) is 18.6 Å². The molecular weight excluding hydrogens is 508 g/mol. The molecule has 39 heavy (non-hydrogen) atoms. The zero-order valence-corrected chi connectivity index (χ0v) is 21.0. The van der Waals surface area contributed by atoms with Gasteiger partial charge in [0, 0.05) is 29.9 Å². The van der Waals surface area contributed by atoms with E-state index in [9.17, 15) is 9.59 Å². The van der Waals surface area contributed by atoms with Crippen LogP contribution >= 0.6 is 0 Å². The predicted molar refractivity (Wildman–Crippen MR) is 142 cm³/mol. The lowest BCUT2D eigenvalue weighted by atomic mass is 10.0. The van der Waals surface area contributed by atoms with Crippen LogP contribution in [0.15, 0.2) is 64.4 Å². The van der Waals surface area contributed by atoms with Crippen molar-refractivity contribution in [2.24, 2.45) is 0 Å². The number of fused-ring (bicyclic) bond motifs is 4. The Labute approximate surface area is 219 Å². The number of benzene rings is 2. The Hall–Kier alpha value is -4.77. The van der Waals surface area contributed by atoms with Gasteiger partial charge in [0.05, 0.1) is 52.0 Å². The molecule has 6 aromatic rings. The fourth-order valence-corrected chi connectivity index (χ4v) is 4.84. The summed E-state index contributed by atoms with van der Waals surface area (Å²) in [6.45, 7) is 0.359. The standard InChI is InChI=1S/C28H23F2N5O4/c1-34(2)7-9-39-28(37)25-23(17-4-3-6-31-27(17)36)24-22(12-19(30)16-5-8-38-26(16)24)35(25)13-15-10-20-21(11-18(15)29)33-14-32-20/h3-6,8,10-12,14H,7,9,13H2,1-2H3,(H,31,36)(H,32,33). The molecule has 0 radical (unpaired) electrons. The smallest absolute Gasteiger partial charge is 0.355 e. The molecule has 0 aliphatic heterocycles. The van der Waals surface area contributed by atoms with Crippen LogP contribution in [-0.4, -0.2) is 57.6 Å². The third kappa shape index (κ3) is 4.16. The number of hydrogen-bond donors (Lipinski definition) is 2. The van der Waals surface area contributed by atoms with Crippen LogP contribution in [0, 0.1) is 11.6 Å². The molecule has 0 aliphatic carbocycles. The molecule has 2 N–H and O–H groups in total. The lowest BCUT2D eigenvalue weighted by Crippen LogP contribution is -2.22. The SMILES string of the molecule is CN(C)CCOC(=O)c1c(-c2ccc[nH]c2=O)c2c3occc3c(F)cc2n1Cc1cc2[nH]cnc2cc1F. The van der Waals surface area contributed by atoms with Gasteiger partial charge < -0.3 is 28.6 Å². The summed E-state index contributed by atoms with van der Waals surface area (Å²) in [7, 11) is 3.68. The number of imidazole rings is 1. The number of furan rings is 1. The fourth-order valence-electron chi connectivity index (χ4n) is 4.84. The molecule has 4 heterocycles. The topological polar surface area (TPSA) is 109 Å². The minimum atomic E-state index is -0.741. The van der Waals surface area contributed by atoms with E-state index in [-0.39, 0.29) is 52.0 Å². The highest BCUT2D eigenvalue weighted by Gasteiger charge is 2.30. The maximum atomic E-state index is 15.3. The van der Waals surface area contributed by atoms with Crippen molar-refractivity contribution in [3.63, 3.8) is 0 Å². The summed E-state index contributed by atoms with van der Waals surface area (Å²) in [5.41, 5.74) is 1.55. The number of carbonyl (C=O) groups is 1. The van der Waals surface area contributed by atoms with E-state index >= 15 is 8.78 Å². The number of nitrogens with zero attached hydrogens (tertiary/aromatic N) is 3. The molecule has 0 spiro atoms. The first-order valence-electron chi connectivity index (χ1n) is 12.2. The normalized spacial score (nSPS) is 11.8. The first kappa shape index (κ1) is 24.6. The van der Waals surface area contributed by atoms with Gasteiger partial charge in [0.2, 0.25) is 0 Å². The second-order valence-electron chi connectivity index (χ2n) is 9.44. The number of ether oxygens (including phenoxy) is 1. The summed E-state index contributed by atoms with van der Waals surface area (Å²) in [5.74, 6) is -1.88. The van der Waals surface area contributed by atoms with Gasteiger partial charge >= 0.3 is 5.97 Å². The summed E-state index contributed by atoms with van der Waals surface area (Å²) < 4.78 is 43.3. The van der Waals surface area contributed by atoms with Crippen LogP contribution in [0.25, 0.3) is 44.0 Å². The van der Waals surface area contributed by atoms with Gasteiger partial charge in [0.25, 0.3) is 5.56 Å². The van der Waals surface area contributed by atoms with E-state index in [4.69, 9.17) is 9.15 Å². The number of hydrogen-bond acceptors (Lipinski definition) is 6. The minimum Gasteiger partial charge on any atom is -0.463 e. The first-order chi connectivity index (χ1) is 18.8. The minimum absolute atomic E-state index is 0.0205. The number of pyridine rings is 1. The molecule has 6 rings (SSSR count). The molecular formula is C28H23F2N5O4. The van der Waals surface area contributed by atoms with Crippen molar-refractivity contribution in [3.8, 4) is 11.1 Å². The average molecular weight is 532 g/mol. The third-order valence-electron chi connectivity index (χ3n) is 6.69. The van der Waals surface area contributed by atoms with Crippen molar-refractivity contribution in [3.05, 3.63) is 88.4 Å². The Morgan fingerprint density at radius 1 is 1.15 bits per heavy atom. The summed E-state index contributed by atoms with van der Waals surface area (Å²) in [5, 5.41) is 0.529. The molecule has 4 aromatic heterocycles. The molecule has 198 valence electrons. The number of nitrogens with one attached hydrogen (secondary N) is 2. The van der Waals surface area contributed by atoms with E-state index in [2.05, 4.69) is 15.0 Å². The van der Waals surface area contributed by atoms with E-state index in [1.165, 1.54) is 41.6 Å². The summed E-state index contributed by atoms with van der Waals surface area (Å²) in [4.78, 5) is 38.3. The first-order valence-corrected chi connectivity index (χ1v) is 12.2. The van der Waals surface area contributed by atoms with Crippen molar-refractivity contribution >= 4 is 38.9 Å². The molecule has 0 aliphatic rings. The van der Waals surface area contributed by atoms with E-state index in [1.54, 1.807) is 18.2 Å². The number of aromatic amines is 2. The summed E-state index contributed by atoms with van der Waals surface area (Å²) in [6.07, 6.45) is 4.26. The molecule has 11 heteroatoms. The highest BCUT2D eigenvalue weighted by Crippen LogP contribution is 2.40. The van der Waals surface area contributed by atoms with Crippen LogP contribution < -0.4 is 5.56 Å². The van der Waals surface area contributed by atoms with Crippen molar-refractivity contribution < 1.29 is 22.7 Å². The fraction of sp³-hybridized carbons (Fsp3) is 0.179. The lowest BCUT2D eigenvalue weighted by molar-refractivity contribution is 0.0471. The van der Waals surface area contributed by atoms with Crippen LogP contribution in [0.2, 0.25) is 0 Å². The molecule has 0 fully saturated rings. The number of rotatable bonds is 7. The van der Waals surface area contributed by atoms with E-state index in [0.717, 1.165) is 0 Å². The number of carbonyl (C=O) groups excluding carboxylic acids is 1. The zero-order chi connectivity index (χ0) is 27.3. The van der Waals surface area contributed by atoms with Crippen LogP contribution in [0.4, 0.5) is 8.78 Å². The molecule has 0 unspecified atom stereocenters. The Morgan fingerprint density at radius 2 is 2.00 bits per heavy atom. The predicted octanol–water partition coefficient (Wildman–Crippen LogP) is 4.66. The molecule has 0 saturated heterocycles. The quantitative estimate of drug-likeness (QED) is 0.290. The zero-order valence-electron chi connectivity index (χ0n) is 21.0. The summed E-state index contributed by atoms with van der Waals surface area (Å²) >= 11 is 0. The molecule has 0 amide bonds. The lowest BCUT2D eigenvalue weighted by Gasteiger charge is -2.14. The van der Waals surface area contributed by atoms with Crippen LogP contribution in [-0.2, 0) is 11.3 Å². The maximum absolute atomic E-state index is 15.3. The second-order valence-corrected chi connectivity index (χ2v) is 9.44. The van der Waals surface area contributed by atoms with Crippen molar-refractivity contribution in [1.82, 2.24) is 24.4 Å². The Kier molecular flexibility index (Phi) is 5.99. The van der Waals surface area contributed by atoms with Gasteiger partial charge in [-0.3, -0.25) is 4.79 Å². The average Bonchev–Trinajstić information content (AvgIpc) is 3.62. The second kappa shape index (κ2) is 9.52. The monoisotopic (exact) mass is 531 g/mol. The molecule has 9 nitrogen and oxygen atoms in total. The van der Waals surface area contributed by atoms with E-state index in [0.29, 0.717) is 23.0 Å². The van der Waals surface area contributed by atoms with Crippen LogP contribution in [0.3, 0.4) is 0 Å². The largest absolute Gasteiger partial charge is 0.463 e. The Morgan fingerprint density at radius 3 is 2.79 bits per heavy atom. The van der Waals surface area contributed by atoms with Gasteiger partial charge in [-0.1, -0.05) is 0 Å². The van der Waals surface area contributed by atoms with Crippen molar-refractivity contribution in [2.45, 2.75) is 6.54 Å². The maximum Gasteiger partial charge on any atom is 0.355 e. The van der Waals surface area contributed by atoms with Crippen molar-refractivity contribution in [1.29, 1.82) is 0 Å². The summed E-state index contributed by atoms with van der Waals surface area (Å²) in [6, 6.07) is 8.79. The Balaban J connectivity index is 1.67. The van der Waals surface area contributed by atoms with Crippen LogP contribution in [0.5, 0.6) is 0 Å². The van der Waals surface area contributed by atoms with Gasteiger partial charge in [-0.05, 0) is 44.4 Å². The van der Waals surface area contributed by atoms with E-state index in [1.807, 2.05) is 19.0 Å². The molecule has 0 bridgehead atoms. The van der Waals surface area contributed by atoms with Gasteiger partial charge in [-0.15, -0.1) is 0 Å². The van der Waals surface area contributed by atoms with Crippen LogP contribution in [0.1, 0.15) is 16.1 Å². The number of esters is 1. The van der Waals surface area contributed by atoms with Crippen molar-refractivity contribution in [2.75, 3.05) is 27.2 Å². The highest BCUT2D eigenvalue weighted by atomic mass is 19.1. The molecule has 0 saturated carbocycles. The van der Waals surface area contributed by atoms with Gasteiger partial charge in [0.1, 0.15) is 29.5 Å². The molecule has 0 atom stereocenters. The highest BCUT2D eigenvalue weighted by molar-refractivity contribution is 6.17.